The van der Waals surface area contributed by atoms with Crippen molar-refractivity contribution in [1.29, 1.82) is 0 Å². The van der Waals surface area contributed by atoms with Gasteiger partial charge in [-0.25, -0.2) is 9.36 Å². The molecule has 6 aromatic rings. The van der Waals surface area contributed by atoms with E-state index >= 15 is 0 Å². The molecule has 48 heavy (non-hydrogen) atoms. The Morgan fingerprint density at radius 2 is 0.875 bits per heavy atom. The van der Waals surface area contributed by atoms with Crippen LogP contribution in [-0.4, -0.2) is 43.1 Å². The van der Waals surface area contributed by atoms with Gasteiger partial charge in [-0.2, -0.15) is 0 Å². The molecule has 8 heteroatoms. The first-order valence-electron chi connectivity index (χ1n) is 16.5. The average molecular weight is 667 g/mol. The molecule has 0 bridgehead atoms. The topological polar surface area (TPSA) is 66.2 Å². The Morgan fingerprint density at radius 1 is 0.542 bits per heavy atom. The van der Waals surface area contributed by atoms with Crippen molar-refractivity contribution in [2.24, 2.45) is 9.98 Å². The summed E-state index contributed by atoms with van der Waals surface area (Å²) in [6.45, 7) is 4.16. The van der Waals surface area contributed by atoms with Crippen molar-refractivity contribution < 1.29 is 0 Å². The zero-order valence-corrected chi connectivity index (χ0v) is 28.8. The molecule has 1 saturated carbocycles. The maximum atomic E-state index is 6.14. The highest BCUT2D eigenvalue weighted by Crippen LogP contribution is 2.29. The van der Waals surface area contributed by atoms with E-state index in [9.17, 15) is 0 Å². The van der Waals surface area contributed by atoms with Crippen LogP contribution in [0, 0.1) is 23.1 Å². The van der Waals surface area contributed by atoms with Gasteiger partial charge in [-0.15, -0.1) is 0 Å². The van der Waals surface area contributed by atoms with Crippen LogP contribution in [0.2, 0.25) is 0 Å². The normalized spacial score (nSPS) is 17.0. The minimum Gasteiger partial charge on any atom is -0.297 e. The van der Waals surface area contributed by atoms with E-state index in [1.165, 1.54) is 0 Å². The summed E-state index contributed by atoms with van der Waals surface area (Å²) in [6.07, 6.45) is 4.09. The van der Waals surface area contributed by atoms with E-state index in [2.05, 4.69) is 96.8 Å². The molecule has 6 nitrogen and oxygen atoms in total. The van der Waals surface area contributed by atoms with Gasteiger partial charge in [-0.3, -0.25) is 20.2 Å². The average Bonchev–Trinajstić information content (AvgIpc) is 3.60. The van der Waals surface area contributed by atoms with Gasteiger partial charge in [0.2, 0.25) is 0 Å². The molecule has 2 aromatic heterocycles. The SMILES string of the molecule is Cc1[nH]n(-c2ccccc2)c(=S)c1C(=N[C@@H]1CCCC[C@H]1N=C(c1ccccc1)c1c(C)[nH]n(-c2ccccc2)c1=S)c1ccccc1. The molecule has 2 N–H and O–H groups in total. The number of benzene rings is 4. The van der Waals surface area contributed by atoms with Crippen LogP contribution in [0.25, 0.3) is 11.4 Å². The largest absolute Gasteiger partial charge is 0.297 e. The first kappa shape index (κ1) is 31.7. The van der Waals surface area contributed by atoms with Crippen LogP contribution in [-0.2, 0) is 0 Å². The van der Waals surface area contributed by atoms with Gasteiger partial charge in [0.25, 0.3) is 0 Å². The summed E-state index contributed by atoms with van der Waals surface area (Å²) < 4.78 is 5.38. The highest BCUT2D eigenvalue weighted by Gasteiger charge is 2.29. The van der Waals surface area contributed by atoms with Gasteiger partial charge in [-0.1, -0.05) is 134 Å². The summed E-state index contributed by atoms with van der Waals surface area (Å²) in [7, 11) is 0. The van der Waals surface area contributed by atoms with Crippen molar-refractivity contribution in [3.8, 4) is 11.4 Å². The molecule has 0 amide bonds. The maximum Gasteiger partial charge on any atom is 0.137 e. The second-order valence-corrected chi connectivity index (χ2v) is 13.1. The highest BCUT2D eigenvalue weighted by atomic mass is 32.1. The molecule has 2 atom stereocenters. The van der Waals surface area contributed by atoms with Gasteiger partial charge in [0.05, 0.1) is 46.0 Å². The third-order valence-corrected chi connectivity index (χ3v) is 9.80. The lowest BCUT2D eigenvalue weighted by Crippen LogP contribution is -2.30. The van der Waals surface area contributed by atoms with Crippen molar-refractivity contribution in [2.45, 2.75) is 51.6 Å². The zero-order valence-electron chi connectivity index (χ0n) is 27.1. The zero-order chi connectivity index (χ0) is 33.0. The fourth-order valence-electron chi connectivity index (χ4n) is 6.65. The Kier molecular flexibility index (Phi) is 9.27. The van der Waals surface area contributed by atoms with Crippen LogP contribution in [0.3, 0.4) is 0 Å². The van der Waals surface area contributed by atoms with Crippen LogP contribution in [0.15, 0.2) is 131 Å². The molecule has 0 spiro atoms. The van der Waals surface area contributed by atoms with Gasteiger partial charge in [-0.05, 0) is 51.0 Å². The Balaban J connectivity index is 1.37. The Bertz CT molecular complexity index is 2030. The molecule has 0 radical (unpaired) electrons. The van der Waals surface area contributed by atoms with E-state index in [-0.39, 0.29) is 12.1 Å². The van der Waals surface area contributed by atoms with Crippen LogP contribution in [0.4, 0.5) is 0 Å². The van der Waals surface area contributed by atoms with Gasteiger partial charge in [0.15, 0.2) is 0 Å². The number of aromatic amines is 2. The number of nitrogens with zero attached hydrogens (tertiary/aromatic N) is 4. The number of nitrogens with one attached hydrogen (secondary N) is 2. The van der Waals surface area contributed by atoms with E-state index in [4.69, 9.17) is 34.4 Å². The van der Waals surface area contributed by atoms with E-state index in [0.717, 1.165) is 82.1 Å². The molecule has 0 unspecified atom stereocenters. The fraction of sp³-hybridized carbons (Fsp3) is 0.200. The third kappa shape index (κ3) is 6.33. The van der Waals surface area contributed by atoms with Crippen LogP contribution in [0.5, 0.6) is 0 Å². The number of rotatable bonds is 8. The van der Waals surface area contributed by atoms with Crippen molar-refractivity contribution in [3.05, 3.63) is 164 Å². The molecule has 240 valence electrons. The summed E-state index contributed by atoms with van der Waals surface area (Å²) in [5, 5.41) is 7.04. The monoisotopic (exact) mass is 666 g/mol. The lowest BCUT2D eigenvalue weighted by Gasteiger charge is -2.28. The van der Waals surface area contributed by atoms with Crippen molar-refractivity contribution in [2.75, 3.05) is 0 Å². The Hall–Kier alpha value is -4.92. The first-order chi connectivity index (χ1) is 23.5. The molecule has 4 aromatic carbocycles. The number of hydrogen-bond donors (Lipinski definition) is 2. The quantitative estimate of drug-likeness (QED) is 0.126. The third-order valence-electron chi connectivity index (χ3n) is 9.02. The molecule has 7 rings (SSSR count). The Morgan fingerprint density at radius 3 is 1.23 bits per heavy atom. The van der Waals surface area contributed by atoms with Gasteiger partial charge in [0, 0.05) is 22.5 Å². The van der Waals surface area contributed by atoms with Crippen molar-refractivity contribution >= 4 is 35.9 Å². The predicted octanol–water partition coefficient (Wildman–Crippen LogP) is 9.69. The molecular formula is C40H38N6S2. The minimum atomic E-state index is -0.0318. The maximum absolute atomic E-state index is 6.14. The lowest BCUT2D eigenvalue weighted by molar-refractivity contribution is 0.389. The minimum absolute atomic E-state index is 0.0318. The smallest absolute Gasteiger partial charge is 0.137 e. The van der Waals surface area contributed by atoms with Crippen LogP contribution >= 0.6 is 24.4 Å². The standard InChI is InChI=1S/C40H38N6S2/c1-27-35(39(47)45(43-27)31-21-11-5-12-22-31)37(29-17-7-3-8-18-29)41-33-25-15-16-26-34(33)42-38(30-19-9-4-10-20-30)36-28(2)44-46(40(36)48)32-23-13-6-14-24-32/h3-14,17-24,33-34,43-44H,15-16,25-26H2,1-2H3/t33-,34-/m1/s1. The summed E-state index contributed by atoms with van der Waals surface area (Å²) in [5.74, 6) is 0. The highest BCUT2D eigenvalue weighted by molar-refractivity contribution is 7.71. The molecule has 2 heterocycles. The molecule has 0 saturated heterocycles. The molecule has 1 aliphatic rings. The number of aromatic nitrogens is 4. The number of H-pyrrole nitrogens is 2. The molecular weight excluding hydrogens is 629 g/mol. The lowest BCUT2D eigenvalue weighted by atomic mass is 9.89. The van der Waals surface area contributed by atoms with E-state index in [0.29, 0.717) is 9.28 Å². The van der Waals surface area contributed by atoms with Crippen molar-refractivity contribution in [3.63, 3.8) is 0 Å². The Labute approximate surface area is 291 Å². The second-order valence-electron chi connectivity index (χ2n) is 12.3. The van der Waals surface area contributed by atoms with Crippen LogP contribution in [0.1, 0.15) is 59.3 Å². The molecule has 0 aliphatic heterocycles. The predicted molar refractivity (Wildman–Crippen MR) is 202 cm³/mol. The van der Waals surface area contributed by atoms with Gasteiger partial charge >= 0.3 is 0 Å². The summed E-state index contributed by atoms with van der Waals surface area (Å²) >= 11 is 12.3. The number of aliphatic imine (C=N–C) groups is 2. The fourth-order valence-corrected chi connectivity index (χ4v) is 7.45. The van der Waals surface area contributed by atoms with E-state index in [1.807, 2.05) is 57.9 Å². The number of aryl methyl sites for hydroxylation is 2. The molecule has 1 aliphatic carbocycles. The summed E-state index contributed by atoms with van der Waals surface area (Å²) in [5.41, 5.74) is 9.75. The van der Waals surface area contributed by atoms with Crippen LogP contribution < -0.4 is 0 Å². The summed E-state index contributed by atoms with van der Waals surface area (Å²) in [4.78, 5) is 11.2. The van der Waals surface area contributed by atoms with E-state index < -0.39 is 0 Å². The summed E-state index contributed by atoms with van der Waals surface area (Å²) in [6, 6.07) is 41.1. The second kappa shape index (κ2) is 14.1. The number of para-hydroxylation sites is 2. The number of hydrogen-bond acceptors (Lipinski definition) is 4. The van der Waals surface area contributed by atoms with Gasteiger partial charge in [0.1, 0.15) is 9.28 Å². The van der Waals surface area contributed by atoms with Crippen molar-refractivity contribution in [1.82, 2.24) is 19.6 Å². The van der Waals surface area contributed by atoms with Gasteiger partial charge < -0.3 is 0 Å². The molecule has 1 fully saturated rings. The first-order valence-corrected chi connectivity index (χ1v) is 17.3. The van der Waals surface area contributed by atoms with E-state index in [1.54, 1.807) is 0 Å².